The Morgan fingerprint density at radius 1 is 1.20 bits per heavy atom. The van der Waals surface area contributed by atoms with Crippen molar-refractivity contribution in [3.63, 3.8) is 0 Å². The van der Waals surface area contributed by atoms with E-state index in [-0.39, 0.29) is 5.91 Å². The normalized spacial score (nSPS) is 11.5. The summed E-state index contributed by atoms with van der Waals surface area (Å²) in [5, 5.41) is 3.51. The van der Waals surface area contributed by atoms with Crippen molar-refractivity contribution in [2.45, 2.75) is 26.0 Å². The molecule has 0 radical (unpaired) electrons. The van der Waals surface area contributed by atoms with Crippen LogP contribution in [-0.4, -0.2) is 19.1 Å². The van der Waals surface area contributed by atoms with Gasteiger partial charge in [0.1, 0.15) is 0 Å². The molecule has 4 nitrogen and oxygen atoms in total. The Morgan fingerprint density at radius 3 is 2.52 bits per heavy atom. The van der Waals surface area contributed by atoms with Gasteiger partial charge in [-0.2, -0.15) is 0 Å². The minimum atomic E-state index is -0.647. The van der Waals surface area contributed by atoms with E-state index in [9.17, 15) is 4.79 Å². The molecule has 0 saturated heterocycles. The molecule has 0 heterocycles. The number of ether oxygens (including phenoxy) is 2. The van der Waals surface area contributed by atoms with Crippen LogP contribution in [0.1, 0.15) is 18.1 Å². The fourth-order valence-electron chi connectivity index (χ4n) is 2.28. The maximum absolute atomic E-state index is 12.2. The molecule has 25 heavy (non-hydrogen) atoms. The highest BCUT2D eigenvalue weighted by atomic mass is 35.5. The fourth-order valence-corrected chi connectivity index (χ4v) is 2.41. The Kier molecular flexibility index (Phi) is 6.90. The molecule has 2 aromatic carbocycles. The fraction of sp³-hybridized carbons (Fsp3) is 0.250. The Morgan fingerprint density at radius 2 is 1.88 bits per heavy atom. The standard InChI is InChI=1S/C20H22ClNO3/c1-4-5-15-8-11-18(19(12-15)24-3)25-14(2)20(23)22-13-16-6-9-17(21)10-7-16/h4,6-12,14H,1,5,13H2,2-3H3,(H,22,23). The first-order valence-corrected chi connectivity index (χ1v) is 8.38. The maximum Gasteiger partial charge on any atom is 0.261 e. The number of carbonyl (C=O) groups is 1. The predicted octanol–water partition coefficient (Wildman–Crippen LogP) is 4.16. The van der Waals surface area contributed by atoms with E-state index in [0.29, 0.717) is 23.1 Å². The monoisotopic (exact) mass is 359 g/mol. The van der Waals surface area contributed by atoms with Gasteiger partial charge in [-0.25, -0.2) is 0 Å². The summed E-state index contributed by atoms with van der Waals surface area (Å²) in [5.74, 6) is 0.924. The zero-order valence-electron chi connectivity index (χ0n) is 14.4. The molecule has 1 atom stereocenters. The number of rotatable bonds is 8. The molecule has 0 spiro atoms. The molecule has 5 heteroatoms. The number of carbonyl (C=O) groups excluding carboxylic acids is 1. The molecule has 1 unspecified atom stereocenters. The van der Waals surface area contributed by atoms with Gasteiger partial charge in [-0.15, -0.1) is 6.58 Å². The summed E-state index contributed by atoms with van der Waals surface area (Å²) >= 11 is 5.85. The number of nitrogens with one attached hydrogen (secondary N) is 1. The Bertz CT molecular complexity index is 728. The zero-order chi connectivity index (χ0) is 18.2. The van der Waals surface area contributed by atoms with E-state index in [2.05, 4.69) is 11.9 Å². The molecule has 0 aliphatic rings. The van der Waals surface area contributed by atoms with Crippen LogP contribution >= 0.6 is 11.6 Å². The van der Waals surface area contributed by atoms with E-state index in [1.54, 1.807) is 32.2 Å². The summed E-state index contributed by atoms with van der Waals surface area (Å²) in [6.45, 7) is 5.84. The molecule has 2 aromatic rings. The van der Waals surface area contributed by atoms with Crippen molar-refractivity contribution in [2.75, 3.05) is 7.11 Å². The van der Waals surface area contributed by atoms with E-state index < -0.39 is 6.10 Å². The first-order chi connectivity index (χ1) is 12.0. The Balaban J connectivity index is 1.95. The van der Waals surface area contributed by atoms with Gasteiger partial charge >= 0.3 is 0 Å². The van der Waals surface area contributed by atoms with Crippen molar-refractivity contribution in [1.29, 1.82) is 0 Å². The molecular formula is C20H22ClNO3. The van der Waals surface area contributed by atoms with Gasteiger partial charge in [-0.3, -0.25) is 4.79 Å². The minimum absolute atomic E-state index is 0.202. The van der Waals surface area contributed by atoms with Crippen LogP contribution in [0, 0.1) is 0 Å². The topological polar surface area (TPSA) is 47.6 Å². The summed E-state index contributed by atoms with van der Waals surface area (Å²) in [5.41, 5.74) is 2.04. The quantitative estimate of drug-likeness (QED) is 0.720. The van der Waals surface area contributed by atoms with Crippen molar-refractivity contribution in [3.8, 4) is 11.5 Å². The molecule has 1 N–H and O–H groups in total. The van der Waals surface area contributed by atoms with Gasteiger partial charge in [0.15, 0.2) is 17.6 Å². The van der Waals surface area contributed by atoms with E-state index >= 15 is 0 Å². The van der Waals surface area contributed by atoms with Crippen LogP contribution in [0.15, 0.2) is 55.1 Å². The lowest BCUT2D eigenvalue weighted by atomic mass is 10.1. The van der Waals surface area contributed by atoms with Crippen LogP contribution in [0.3, 0.4) is 0 Å². The lowest BCUT2D eigenvalue weighted by molar-refractivity contribution is -0.127. The van der Waals surface area contributed by atoms with Gasteiger partial charge in [0.25, 0.3) is 5.91 Å². The van der Waals surface area contributed by atoms with Crippen molar-refractivity contribution in [1.82, 2.24) is 5.32 Å². The first-order valence-electron chi connectivity index (χ1n) is 8.00. The van der Waals surface area contributed by atoms with Crippen LogP contribution < -0.4 is 14.8 Å². The molecular weight excluding hydrogens is 338 g/mol. The third-order valence-electron chi connectivity index (χ3n) is 3.66. The van der Waals surface area contributed by atoms with Crippen molar-refractivity contribution in [2.24, 2.45) is 0 Å². The molecule has 0 aromatic heterocycles. The molecule has 2 rings (SSSR count). The van der Waals surface area contributed by atoms with E-state index in [4.69, 9.17) is 21.1 Å². The predicted molar refractivity (Wildman–Crippen MR) is 100 cm³/mol. The molecule has 132 valence electrons. The number of methoxy groups -OCH3 is 1. The second-order valence-electron chi connectivity index (χ2n) is 5.58. The number of allylic oxidation sites excluding steroid dienone is 1. The van der Waals surface area contributed by atoms with Gasteiger partial charge in [0.2, 0.25) is 0 Å². The zero-order valence-corrected chi connectivity index (χ0v) is 15.2. The number of hydrogen-bond acceptors (Lipinski definition) is 3. The third-order valence-corrected chi connectivity index (χ3v) is 3.91. The summed E-state index contributed by atoms with van der Waals surface area (Å²) in [6, 6.07) is 12.9. The molecule has 0 saturated carbocycles. The molecule has 1 amide bonds. The summed E-state index contributed by atoms with van der Waals surface area (Å²) in [6.07, 6.45) is 1.92. The maximum atomic E-state index is 12.2. The highest BCUT2D eigenvalue weighted by Crippen LogP contribution is 2.29. The van der Waals surface area contributed by atoms with Crippen molar-refractivity contribution in [3.05, 3.63) is 71.3 Å². The Labute approximate surface area is 153 Å². The van der Waals surface area contributed by atoms with Gasteiger partial charge in [-0.1, -0.05) is 35.9 Å². The van der Waals surface area contributed by atoms with E-state index in [1.165, 1.54) is 0 Å². The van der Waals surface area contributed by atoms with Crippen molar-refractivity contribution >= 4 is 17.5 Å². The first kappa shape index (κ1) is 18.9. The number of hydrogen-bond donors (Lipinski definition) is 1. The minimum Gasteiger partial charge on any atom is -0.493 e. The van der Waals surface area contributed by atoms with Gasteiger partial charge in [-0.05, 0) is 48.7 Å². The SMILES string of the molecule is C=CCc1ccc(OC(C)C(=O)NCc2ccc(Cl)cc2)c(OC)c1. The largest absolute Gasteiger partial charge is 0.493 e. The van der Waals surface area contributed by atoms with Gasteiger partial charge in [0, 0.05) is 11.6 Å². The van der Waals surface area contributed by atoms with Gasteiger partial charge in [0.05, 0.1) is 7.11 Å². The van der Waals surface area contributed by atoms with Gasteiger partial charge < -0.3 is 14.8 Å². The number of amides is 1. The van der Waals surface area contributed by atoms with Crippen LogP contribution in [0.25, 0.3) is 0 Å². The average molecular weight is 360 g/mol. The highest BCUT2D eigenvalue weighted by Gasteiger charge is 2.16. The third kappa shape index (κ3) is 5.54. The van der Waals surface area contributed by atoms with Crippen LogP contribution in [-0.2, 0) is 17.8 Å². The van der Waals surface area contributed by atoms with Crippen LogP contribution in [0.2, 0.25) is 5.02 Å². The van der Waals surface area contributed by atoms with Crippen molar-refractivity contribution < 1.29 is 14.3 Å². The average Bonchev–Trinajstić information content (AvgIpc) is 2.62. The molecule has 0 fully saturated rings. The van der Waals surface area contributed by atoms with Crippen LogP contribution in [0.4, 0.5) is 0 Å². The summed E-state index contributed by atoms with van der Waals surface area (Å²) in [7, 11) is 1.57. The lowest BCUT2D eigenvalue weighted by Gasteiger charge is -2.17. The summed E-state index contributed by atoms with van der Waals surface area (Å²) in [4.78, 5) is 12.2. The highest BCUT2D eigenvalue weighted by molar-refractivity contribution is 6.30. The number of halogens is 1. The second kappa shape index (κ2) is 9.14. The molecule has 0 aliphatic carbocycles. The lowest BCUT2D eigenvalue weighted by Crippen LogP contribution is -2.35. The second-order valence-corrected chi connectivity index (χ2v) is 6.02. The smallest absolute Gasteiger partial charge is 0.261 e. The number of benzene rings is 2. The summed E-state index contributed by atoms with van der Waals surface area (Å²) < 4.78 is 11.1. The molecule has 0 aliphatic heterocycles. The van der Waals surface area contributed by atoms with Crippen LogP contribution in [0.5, 0.6) is 11.5 Å². The molecule has 0 bridgehead atoms. The van der Waals surface area contributed by atoms with E-state index in [0.717, 1.165) is 17.5 Å². The Hall–Kier alpha value is -2.46. The van der Waals surface area contributed by atoms with E-state index in [1.807, 2.05) is 30.3 Å².